The lowest BCUT2D eigenvalue weighted by molar-refractivity contribution is -0.906. The van der Waals surface area contributed by atoms with E-state index in [1.165, 1.54) is 0 Å². The van der Waals surface area contributed by atoms with Crippen molar-refractivity contribution in [3.8, 4) is 5.75 Å². The number of quaternary nitrogens is 1. The molecule has 23 heavy (non-hydrogen) atoms. The van der Waals surface area contributed by atoms with E-state index >= 15 is 0 Å². The lowest BCUT2D eigenvalue weighted by Gasteiger charge is -2.33. The fourth-order valence-corrected chi connectivity index (χ4v) is 3.08. The van der Waals surface area contributed by atoms with E-state index in [0.717, 1.165) is 48.4 Å². The maximum Gasteiger partial charge on any atom is 0.209 e. The van der Waals surface area contributed by atoms with Gasteiger partial charge in [0.15, 0.2) is 0 Å². The molecule has 0 saturated carbocycles. The SMILES string of the molecule is CC[N+](C)(CC)CCCN[C@H](c1ccc(OC)cc1)C(Cl)(Cl)Cl. The molecule has 1 aromatic rings. The van der Waals surface area contributed by atoms with Gasteiger partial charge in [-0.15, -0.1) is 0 Å². The monoisotopic (exact) mass is 381 g/mol. The third-order valence-corrected chi connectivity index (χ3v) is 5.18. The Morgan fingerprint density at radius 1 is 1.13 bits per heavy atom. The van der Waals surface area contributed by atoms with Crippen molar-refractivity contribution in [1.82, 2.24) is 5.32 Å². The molecule has 132 valence electrons. The van der Waals surface area contributed by atoms with E-state index in [4.69, 9.17) is 39.5 Å². The molecule has 0 aliphatic carbocycles. The molecule has 0 heterocycles. The van der Waals surface area contributed by atoms with E-state index in [-0.39, 0.29) is 6.04 Å². The third-order valence-electron chi connectivity index (χ3n) is 4.53. The Hall–Kier alpha value is -0.190. The summed E-state index contributed by atoms with van der Waals surface area (Å²) in [7, 11) is 3.91. The molecule has 0 aromatic heterocycles. The maximum atomic E-state index is 6.16. The third kappa shape index (κ3) is 6.67. The van der Waals surface area contributed by atoms with E-state index < -0.39 is 3.79 Å². The predicted octanol–water partition coefficient (Wildman–Crippen LogP) is 4.57. The van der Waals surface area contributed by atoms with Crippen LogP contribution in [0.15, 0.2) is 24.3 Å². The summed E-state index contributed by atoms with van der Waals surface area (Å²) in [6.07, 6.45) is 1.03. The fraction of sp³-hybridized carbons (Fsp3) is 0.647. The van der Waals surface area contributed by atoms with Gasteiger partial charge in [0, 0.05) is 13.0 Å². The molecule has 3 nitrogen and oxygen atoms in total. The highest BCUT2D eigenvalue weighted by atomic mass is 35.6. The van der Waals surface area contributed by atoms with Crippen molar-refractivity contribution in [1.29, 1.82) is 0 Å². The van der Waals surface area contributed by atoms with Gasteiger partial charge in [-0.1, -0.05) is 46.9 Å². The van der Waals surface area contributed by atoms with E-state index in [2.05, 4.69) is 26.2 Å². The quantitative estimate of drug-likeness (QED) is 0.384. The topological polar surface area (TPSA) is 21.3 Å². The lowest BCUT2D eigenvalue weighted by atomic mass is 10.1. The number of nitrogens with zero attached hydrogens (tertiary/aromatic N) is 1. The van der Waals surface area contributed by atoms with Gasteiger partial charge in [0.1, 0.15) is 5.75 Å². The Labute approximate surface area is 155 Å². The van der Waals surface area contributed by atoms with Gasteiger partial charge in [0.05, 0.1) is 39.8 Å². The number of halogens is 3. The van der Waals surface area contributed by atoms with E-state index in [0.29, 0.717) is 0 Å². The fourth-order valence-electron chi connectivity index (χ4n) is 2.47. The lowest BCUT2D eigenvalue weighted by Crippen LogP contribution is -2.45. The highest BCUT2D eigenvalue weighted by Gasteiger charge is 2.33. The minimum atomic E-state index is -1.40. The maximum absolute atomic E-state index is 6.16. The zero-order chi connectivity index (χ0) is 17.5. The van der Waals surface area contributed by atoms with Gasteiger partial charge in [-0.3, -0.25) is 0 Å². The Balaban J connectivity index is 2.66. The molecule has 0 fully saturated rings. The van der Waals surface area contributed by atoms with Gasteiger partial charge >= 0.3 is 0 Å². The molecule has 1 N–H and O–H groups in total. The number of hydrogen-bond donors (Lipinski definition) is 1. The molecule has 0 spiro atoms. The van der Waals surface area contributed by atoms with Crippen molar-refractivity contribution < 1.29 is 9.22 Å². The van der Waals surface area contributed by atoms with Crippen molar-refractivity contribution in [3.05, 3.63) is 29.8 Å². The highest BCUT2D eigenvalue weighted by molar-refractivity contribution is 6.68. The summed E-state index contributed by atoms with van der Waals surface area (Å²) in [5, 5.41) is 3.39. The van der Waals surface area contributed by atoms with Crippen molar-refractivity contribution >= 4 is 34.8 Å². The van der Waals surface area contributed by atoms with Crippen LogP contribution in [0, 0.1) is 0 Å². The van der Waals surface area contributed by atoms with Crippen LogP contribution >= 0.6 is 34.8 Å². The summed E-state index contributed by atoms with van der Waals surface area (Å²) in [4.78, 5) is 0. The van der Waals surface area contributed by atoms with Crippen LogP contribution in [0.2, 0.25) is 0 Å². The van der Waals surface area contributed by atoms with Crippen LogP contribution in [0.25, 0.3) is 0 Å². The van der Waals surface area contributed by atoms with Crippen molar-refractivity contribution in [2.45, 2.75) is 30.1 Å². The summed E-state index contributed by atoms with van der Waals surface area (Å²) in [5.74, 6) is 0.788. The molecule has 1 atom stereocenters. The number of alkyl halides is 3. The second kappa shape index (κ2) is 9.33. The first-order chi connectivity index (χ1) is 10.8. The number of rotatable bonds is 9. The molecule has 6 heteroatoms. The predicted molar refractivity (Wildman–Crippen MR) is 101 cm³/mol. The average molecular weight is 383 g/mol. The van der Waals surface area contributed by atoms with Gasteiger partial charge in [-0.2, -0.15) is 0 Å². The van der Waals surface area contributed by atoms with Gasteiger partial charge in [0.25, 0.3) is 0 Å². The van der Waals surface area contributed by atoms with Crippen LogP contribution in [-0.2, 0) is 0 Å². The Morgan fingerprint density at radius 3 is 2.13 bits per heavy atom. The number of ether oxygens (including phenoxy) is 1. The molecule has 0 amide bonds. The first-order valence-corrected chi connectivity index (χ1v) is 9.16. The van der Waals surface area contributed by atoms with E-state index in [1.54, 1.807) is 7.11 Å². The summed E-state index contributed by atoms with van der Waals surface area (Å²) < 4.78 is 4.83. The standard InChI is InChI=1S/C17H28Cl3N2O/c1-5-22(3,6-2)13-7-12-21-16(17(18,19)20)14-8-10-15(23-4)11-9-14/h8-11,16,21H,5-7,12-13H2,1-4H3/q+1/t16-/m1/s1. The van der Waals surface area contributed by atoms with Crippen LogP contribution in [0.1, 0.15) is 31.9 Å². The first kappa shape index (κ1) is 20.9. The van der Waals surface area contributed by atoms with Crippen molar-refractivity contribution in [3.63, 3.8) is 0 Å². The number of benzene rings is 1. The van der Waals surface area contributed by atoms with Gasteiger partial charge in [-0.05, 0) is 31.5 Å². The van der Waals surface area contributed by atoms with Crippen LogP contribution in [-0.4, -0.2) is 48.6 Å². The number of nitrogens with one attached hydrogen (secondary N) is 1. The normalized spacial score (nSPS) is 13.9. The molecular formula is C17H28Cl3N2O+. The van der Waals surface area contributed by atoms with E-state index in [9.17, 15) is 0 Å². The Morgan fingerprint density at radius 2 is 1.70 bits per heavy atom. The summed E-state index contributed by atoms with van der Waals surface area (Å²) in [6.45, 7) is 8.61. The number of hydrogen-bond acceptors (Lipinski definition) is 2. The highest BCUT2D eigenvalue weighted by Crippen LogP contribution is 2.40. The zero-order valence-corrected chi connectivity index (χ0v) is 16.7. The largest absolute Gasteiger partial charge is 0.497 e. The average Bonchev–Trinajstić information content (AvgIpc) is 2.53. The number of methoxy groups -OCH3 is 1. The molecule has 0 saturated heterocycles. The smallest absolute Gasteiger partial charge is 0.209 e. The van der Waals surface area contributed by atoms with Crippen molar-refractivity contribution in [2.75, 3.05) is 40.3 Å². The molecular weight excluding hydrogens is 355 g/mol. The molecule has 0 aliphatic heterocycles. The molecule has 1 rings (SSSR count). The second-order valence-corrected chi connectivity index (χ2v) is 8.40. The second-order valence-electron chi connectivity index (χ2n) is 6.03. The van der Waals surface area contributed by atoms with Gasteiger partial charge < -0.3 is 14.5 Å². The minimum absolute atomic E-state index is 0.347. The van der Waals surface area contributed by atoms with Crippen LogP contribution in [0.4, 0.5) is 0 Å². The summed E-state index contributed by atoms with van der Waals surface area (Å²) in [5.41, 5.74) is 0.939. The van der Waals surface area contributed by atoms with Crippen LogP contribution < -0.4 is 10.1 Å². The van der Waals surface area contributed by atoms with Gasteiger partial charge in [0.2, 0.25) is 3.79 Å². The first-order valence-electron chi connectivity index (χ1n) is 8.03. The van der Waals surface area contributed by atoms with Crippen LogP contribution in [0.3, 0.4) is 0 Å². The molecule has 0 aliphatic rings. The molecule has 0 radical (unpaired) electrons. The zero-order valence-electron chi connectivity index (χ0n) is 14.4. The van der Waals surface area contributed by atoms with E-state index in [1.807, 2.05) is 24.3 Å². The molecule has 0 bridgehead atoms. The van der Waals surface area contributed by atoms with Crippen LogP contribution in [0.5, 0.6) is 5.75 Å². The summed E-state index contributed by atoms with van der Waals surface area (Å²) in [6, 6.07) is 7.26. The Kier molecular flexibility index (Phi) is 8.46. The minimum Gasteiger partial charge on any atom is -0.497 e. The van der Waals surface area contributed by atoms with Gasteiger partial charge in [-0.25, -0.2) is 0 Å². The Bertz CT molecular complexity index is 456. The summed E-state index contributed by atoms with van der Waals surface area (Å²) >= 11 is 18.5. The van der Waals surface area contributed by atoms with Crippen molar-refractivity contribution in [2.24, 2.45) is 0 Å². The molecule has 1 aromatic carbocycles. The molecule has 0 unspecified atom stereocenters.